The fraction of sp³-hybridized carbons (Fsp3) is 0.937. The number of rotatable bonds is 62. The molecule has 0 aliphatic carbocycles. The zero-order chi connectivity index (χ0) is 60.8. The van der Waals surface area contributed by atoms with Crippen molar-refractivity contribution in [1.29, 1.82) is 0 Å². The van der Waals surface area contributed by atoms with Gasteiger partial charge in [0.05, 0.1) is 26.4 Å². The Balaban J connectivity index is 5.22. The third-order valence-corrected chi connectivity index (χ3v) is 16.7. The first-order valence-corrected chi connectivity index (χ1v) is 36.0. The van der Waals surface area contributed by atoms with Gasteiger partial charge in [0.15, 0.2) is 12.2 Å². The SMILES string of the molecule is CCCCCCCCCCCCCCCCC(=O)O[C@H](COC(=O)CCCCCCCCCCC(C)C)COP(=O)(O)OC[C@@H](O)COP(=O)(O)OC[C@@H](COC(=O)CCCCCCCCC)OC(=O)CCCCCCCCC(C)CC. The summed E-state index contributed by atoms with van der Waals surface area (Å²) in [6.45, 7) is 9.37. The van der Waals surface area contributed by atoms with Crippen molar-refractivity contribution in [2.24, 2.45) is 11.8 Å². The van der Waals surface area contributed by atoms with Crippen LogP contribution in [-0.2, 0) is 65.4 Å². The lowest BCUT2D eigenvalue weighted by Crippen LogP contribution is -2.30. The maximum Gasteiger partial charge on any atom is 0.472 e. The van der Waals surface area contributed by atoms with Crippen LogP contribution in [0.2, 0.25) is 0 Å². The molecular weight excluding hydrogens is 1090 g/mol. The van der Waals surface area contributed by atoms with Gasteiger partial charge in [-0.25, -0.2) is 9.13 Å². The summed E-state index contributed by atoms with van der Waals surface area (Å²) < 4.78 is 67.9. The molecule has 0 aliphatic heterocycles. The van der Waals surface area contributed by atoms with Gasteiger partial charge in [-0.2, -0.15) is 0 Å². The van der Waals surface area contributed by atoms with Crippen molar-refractivity contribution in [3.8, 4) is 0 Å². The topological polar surface area (TPSA) is 237 Å². The van der Waals surface area contributed by atoms with Crippen LogP contribution in [0.3, 0.4) is 0 Å². The van der Waals surface area contributed by atoms with Crippen molar-refractivity contribution >= 4 is 39.5 Å². The smallest absolute Gasteiger partial charge is 0.462 e. The first kappa shape index (κ1) is 80.1. The van der Waals surface area contributed by atoms with E-state index in [0.29, 0.717) is 25.7 Å². The van der Waals surface area contributed by atoms with Crippen molar-refractivity contribution in [3.63, 3.8) is 0 Å². The molecular formula is C63H122O17P2. The van der Waals surface area contributed by atoms with Crippen LogP contribution in [0.1, 0.15) is 311 Å². The van der Waals surface area contributed by atoms with Gasteiger partial charge in [0.25, 0.3) is 0 Å². The van der Waals surface area contributed by atoms with Gasteiger partial charge in [-0.3, -0.25) is 37.3 Å². The minimum atomic E-state index is -4.94. The van der Waals surface area contributed by atoms with Gasteiger partial charge in [-0.05, 0) is 37.5 Å². The largest absolute Gasteiger partial charge is 0.472 e. The summed E-state index contributed by atoms with van der Waals surface area (Å²) >= 11 is 0. The quantitative estimate of drug-likeness (QED) is 0.0222. The Morgan fingerprint density at radius 3 is 0.927 bits per heavy atom. The molecule has 6 atom stereocenters. The minimum Gasteiger partial charge on any atom is -0.462 e. The Labute approximate surface area is 498 Å². The van der Waals surface area contributed by atoms with Gasteiger partial charge in [0.2, 0.25) is 0 Å². The van der Waals surface area contributed by atoms with Crippen LogP contribution in [0.4, 0.5) is 0 Å². The number of phosphoric ester groups is 2. The highest BCUT2D eigenvalue weighted by Gasteiger charge is 2.30. The molecule has 0 aromatic rings. The van der Waals surface area contributed by atoms with E-state index in [1.54, 1.807) is 0 Å². The molecule has 17 nitrogen and oxygen atoms in total. The summed E-state index contributed by atoms with van der Waals surface area (Å²) in [6.07, 6.45) is 37.7. The zero-order valence-corrected chi connectivity index (χ0v) is 54.6. The van der Waals surface area contributed by atoms with E-state index in [1.165, 1.54) is 116 Å². The molecule has 0 saturated carbocycles. The normalized spacial score (nSPS) is 14.7. The fourth-order valence-corrected chi connectivity index (χ4v) is 10.9. The maximum absolute atomic E-state index is 13.0. The average Bonchev–Trinajstić information content (AvgIpc) is 3.44. The van der Waals surface area contributed by atoms with Crippen molar-refractivity contribution in [2.75, 3.05) is 39.6 Å². The third kappa shape index (κ3) is 55.9. The van der Waals surface area contributed by atoms with Gasteiger partial charge in [-0.1, -0.05) is 260 Å². The Morgan fingerprint density at radius 1 is 0.354 bits per heavy atom. The molecule has 0 radical (unpaired) electrons. The molecule has 0 amide bonds. The highest BCUT2D eigenvalue weighted by Crippen LogP contribution is 2.45. The summed E-state index contributed by atoms with van der Waals surface area (Å²) in [4.78, 5) is 72.1. The van der Waals surface area contributed by atoms with E-state index in [4.69, 9.17) is 37.0 Å². The highest BCUT2D eigenvalue weighted by atomic mass is 31.2. The molecule has 0 aliphatic rings. The number of hydrogen-bond donors (Lipinski definition) is 3. The van der Waals surface area contributed by atoms with E-state index in [9.17, 15) is 43.2 Å². The van der Waals surface area contributed by atoms with Crippen molar-refractivity contribution in [3.05, 3.63) is 0 Å². The molecule has 0 spiro atoms. The number of unbranched alkanes of at least 4 members (excludes halogenated alkanes) is 31. The third-order valence-electron chi connectivity index (χ3n) is 14.8. The van der Waals surface area contributed by atoms with Crippen LogP contribution in [0.15, 0.2) is 0 Å². The summed E-state index contributed by atoms with van der Waals surface area (Å²) in [7, 11) is -9.88. The van der Waals surface area contributed by atoms with Crippen molar-refractivity contribution < 1.29 is 80.2 Å². The lowest BCUT2D eigenvalue weighted by molar-refractivity contribution is -0.161. The van der Waals surface area contributed by atoms with Gasteiger partial charge in [-0.15, -0.1) is 0 Å². The first-order valence-electron chi connectivity index (χ1n) is 33.0. The molecule has 0 saturated heterocycles. The number of carbonyl (C=O) groups is 4. The second-order valence-electron chi connectivity index (χ2n) is 23.5. The molecule has 3 N–H and O–H groups in total. The Hall–Kier alpha value is -1.94. The van der Waals surface area contributed by atoms with Crippen molar-refractivity contribution in [1.82, 2.24) is 0 Å². The molecule has 0 heterocycles. The molecule has 3 unspecified atom stereocenters. The van der Waals surface area contributed by atoms with Crippen LogP contribution >= 0.6 is 15.6 Å². The summed E-state index contributed by atoms with van der Waals surface area (Å²) in [5.41, 5.74) is 0. The van der Waals surface area contributed by atoms with Crippen molar-refractivity contribution in [2.45, 2.75) is 330 Å². The second kappa shape index (κ2) is 55.6. The van der Waals surface area contributed by atoms with E-state index in [-0.39, 0.29) is 25.7 Å². The first-order chi connectivity index (χ1) is 39.4. The predicted octanol–water partition coefficient (Wildman–Crippen LogP) is 17.3. The Morgan fingerprint density at radius 2 is 0.622 bits per heavy atom. The predicted molar refractivity (Wildman–Crippen MR) is 326 cm³/mol. The number of esters is 4. The van der Waals surface area contributed by atoms with E-state index < -0.39 is 97.5 Å². The lowest BCUT2D eigenvalue weighted by atomic mass is 10.00. The molecule has 0 rings (SSSR count). The second-order valence-corrected chi connectivity index (χ2v) is 26.4. The van der Waals surface area contributed by atoms with Crippen LogP contribution < -0.4 is 0 Å². The highest BCUT2D eigenvalue weighted by molar-refractivity contribution is 7.47. The van der Waals surface area contributed by atoms with Gasteiger partial charge in [0, 0.05) is 25.7 Å². The summed E-state index contributed by atoms with van der Waals surface area (Å²) in [5.74, 6) is -0.694. The standard InChI is InChI=1S/C63H122O17P2/c1-7-10-12-14-16-17-18-19-20-21-22-28-35-41-47-62(67)79-58(52-74-61(66)46-40-34-27-24-23-26-31-37-43-55(4)5)53-77-81(69,70)75-49-57(64)50-76-82(71,72)78-54-59(51-73-60(65)45-39-33-25-15-13-11-8-2)80-63(68)48-42-36-30-29-32-38-44-56(6)9-3/h55-59,64H,7-54H2,1-6H3,(H,69,70)(H,71,72)/t56?,57-,58-,59-/m1/s1. The number of phosphoric acid groups is 2. The number of aliphatic hydroxyl groups is 1. The Bertz CT molecular complexity index is 1620. The summed E-state index contributed by atoms with van der Waals surface area (Å²) in [6, 6.07) is 0. The minimum absolute atomic E-state index is 0.102. The van der Waals surface area contributed by atoms with Crippen LogP contribution in [0.5, 0.6) is 0 Å². The number of aliphatic hydroxyl groups excluding tert-OH is 1. The molecule has 19 heteroatoms. The molecule has 82 heavy (non-hydrogen) atoms. The van der Waals surface area contributed by atoms with Gasteiger partial charge >= 0.3 is 39.5 Å². The average molecular weight is 1210 g/mol. The zero-order valence-electron chi connectivity index (χ0n) is 52.8. The number of hydrogen-bond acceptors (Lipinski definition) is 15. The van der Waals surface area contributed by atoms with Crippen LogP contribution in [0, 0.1) is 11.8 Å². The molecule has 0 fully saturated rings. The molecule has 0 aromatic carbocycles. The van der Waals surface area contributed by atoms with E-state index in [2.05, 4.69) is 41.5 Å². The fourth-order valence-electron chi connectivity index (χ4n) is 9.32. The molecule has 486 valence electrons. The van der Waals surface area contributed by atoms with Crippen LogP contribution in [0.25, 0.3) is 0 Å². The van der Waals surface area contributed by atoms with E-state index >= 15 is 0 Å². The Kier molecular flexibility index (Phi) is 54.3. The van der Waals surface area contributed by atoms with Gasteiger partial charge < -0.3 is 33.8 Å². The van der Waals surface area contributed by atoms with E-state index in [1.807, 2.05) is 0 Å². The molecule has 0 bridgehead atoms. The molecule has 0 aromatic heterocycles. The van der Waals surface area contributed by atoms with E-state index in [0.717, 1.165) is 115 Å². The monoisotopic (exact) mass is 1210 g/mol. The number of carbonyl (C=O) groups excluding carboxylic acids is 4. The van der Waals surface area contributed by atoms with Gasteiger partial charge in [0.1, 0.15) is 19.3 Å². The van der Waals surface area contributed by atoms with Crippen LogP contribution in [-0.4, -0.2) is 96.7 Å². The summed E-state index contributed by atoms with van der Waals surface area (Å²) in [5, 5.41) is 10.5. The lowest BCUT2D eigenvalue weighted by Gasteiger charge is -2.21. The maximum atomic E-state index is 13.0. The number of ether oxygens (including phenoxy) is 4.